The molecule has 0 atom stereocenters. The molecule has 0 fully saturated rings. The molecule has 0 saturated heterocycles. The Bertz CT molecular complexity index is 1170. The lowest BCUT2D eigenvalue weighted by molar-refractivity contribution is 0.235. The Balaban J connectivity index is 2.00. The van der Waals surface area contributed by atoms with Crippen molar-refractivity contribution in [2.45, 2.75) is 6.54 Å². The zero-order valence-corrected chi connectivity index (χ0v) is 16.8. The molecule has 30 heavy (non-hydrogen) atoms. The number of benzene rings is 3. The second-order valence-electron chi connectivity index (χ2n) is 6.32. The Hall–Kier alpha value is -3.89. The van der Waals surface area contributed by atoms with Gasteiger partial charge in [-0.3, -0.25) is 0 Å². The minimum Gasteiger partial charge on any atom is -0.307 e. The van der Waals surface area contributed by atoms with Crippen molar-refractivity contribution in [2.24, 2.45) is 0 Å². The van der Waals surface area contributed by atoms with Crippen LogP contribution in [0.15, 0.2) is 95.9 Å². The average Bonchev–Trinajstić information content (AvgIpc) is 2.77. The Labute approximate surface area is 175 Å². The summed E-state index contributed by atoms with van der Waals surface area (Å²) in [7, 11) is -4.41. The molecule has 3 aromatic carbocycles. The van der Waals surface area contributed by atoms with Gasteiger partial charge in [0.05, 0.1) is 6.54 Å². The molecular weight excluding hydrogens is 398 g/mol. The number of rotatable bonds is 6. The summed E-state index contributed by atoms with van der Waals surface area (Å²) < 4.78 is 27.2. The van der Waals surface area contributed by atoms with Gasteiger partial charge in [0.25, 0.3) is 10.0 Å². The summed E-state index contributed by atoms with van der Waals surface area (Å²) in [6.45, 7) is -0.213. The maximum absolute atomic E-state index is 13.3. The summed E-state index contributed by atoms with van der Waals surface area (Å²) in [5, 5.41) is 12.1. The van der Waals surface area contributed by atoms with Gasteiger partial charge in [-0.05, 0) is 29.3 Å². The standard InChI is InChI=1S/C23H19N3O3S/c24-17-22(16-19-10-4-1-5-11-19)30(28,29)26(18-20-12-6-2-7-13-20)23(27)25-21-14-8-3-9-15-21/h1-16H,18H2,(H,25,27). The number of carbonyl (C=O) groups excluding carboxylic acids is 1. The van der Waals surface area contributed by atoms with E-state index in [0.717, 1.165) is 0 Å². The molecule has 0 aromatic heterocycles. The van der Waals surface area contributed by atoms with E-state index in [0.29, 0.717) is 21.1 Å². The van der Waals surface area contributed by atoms with Crippen LogP contribution in [0, 0.1) is 11.3 Å². The SMILES string of the molecule is N#CC(=Cc1ccccc1)S(=O)(=O)N(Cc1ccccc1)C(=O)Nc1ccccc1. The largest absolute Gasteiger partial charge is 0.336 e. The number of allylic oxidation sites excluding steroid dienone is 1. The van der Waals surface area contributed by atoms with E-state index >= 15 is 0 Å². The van der Waals surface area contributed by atoms with Crippen LogP contribution in [0.1, 0.15) is 11.1 Å². The lowest BCUT2D eigenvalue weighted by Crippen LogP contribution is -2.39. The summed E-state index contributed by atoms with van der Waals surface area (Å²) in [6, 6.07) is 26.7. The monoisotopic (exact) mass is 417 g/mol. The van der Waals surface area contributed by atoms with E-state index < -0.39 is 21.0 Å². The highest BCUT2D eigenvalue weighted by Crippen LogP contribution is 2.21. The van der Waals surface area contributed by atoms with Crippen molar-refractivity contribution >= 4 is 27.8 Å². The number of carbonyl (C=O) groups is 1. The molecule has 0 spiro atoms. The maximum Gasteiger partial charge on any atom is 0.336 e. The van der Waals surface area contributed by atoms with Crippen molar-refractivity contribution in [3.63, 3.8) is 0 Å². The van der Waals surface area contributed by atoms with Crippen LogP contribution in [0.3, 0.4) is 0 Å². The first-order valence-corrected chi connectivity index (χ1v) is 10.5. The zero-order valence-electron chi connectivity index (χ0n) is 16.0. The topological polar surface area (TPSA) is 90.3 Å². The number of anilines is 1. The van der Waals surface area contributed by atoms with Gasteiger partial charge in [0, 0.05) is 5.69 Å². The smallest absolute Gasteiger partial charge is 0.307 e. The van der Waals surface area contributed by atoms with Crippen LogP contribution >= 0.6 is 0 Å². The fourth-order valence-electron chi connectivity index (χ4n) is 2.71. The van der Waals surface area contributed by atoms with Crippen molar-refractivity contribution in [1.82, 2.24) is 4.31 Å². The van der Waals surface area contributed by atoms with Gasteiger partial charge >= 0.3 is 6.03 Å². The van der Waals surface area contributed by atoms with E-state index in [4.69, 9.17) is 0 Å². The summed E-state index contributed by atoms with van der Waals surface area (Å²) >= 11 is 0. The number of hydrogen-bond donors (Lipinski definition) is 1. The van der Waals surface area contributed by atoms with Crippen LogP contribution in [-0.2, 0) is 16.6 Å². The Morgan fingerprint density at radius 3 is 2.00 bits per heavy atom. The number of sulfonamides is 1. The second-order valence-corrected chi connectivity index (χ2v) is 8.16. The van der Waals surface area contributed by atoms with E-state index in [1.54, 1.807) is 97.1 Å². The maximum atomic E-state index is 13.3. The van der Waals surface area contributed by atoms with Crippen LogP contribution in [0.25, 0.3) is 6.08 Å². The minimum absolute atomic E-state index is 0.213. The van der Waals surface area contributed by atoms with Gasteiger partial charge < -0.3 is 5.32 Å². The highest BCUT2D eigenvalue weighted by Gasteiger charge is 2.32. The molecule has 3 rings (SSSR count). The molecule has 0 aliphatic rings. The minimum atomic E-state index is -4.41. The van der Waals surface area contributed by atoms with E-state index in [9.17, 15) is 18.5 Å². The summed E-state index contributed by atoms with van der Waals surface area (Å²) in [6.07, 6.45) is 1.25. The molecule has 7 heteroatoms. The van der Waals surface area contributed by atoms with Crippen molar-refractivity contribution in [1.29, 1.82) is 5.26 Å². The molecule has 6 nitrogen and oxygen atoms in total. The van der Waals surface area contributed by atoms with Gasteiger partial charge in [-0.1, -0.05) is 78.9 Å². The molecule has 0 unspecified atom stereocenters. The summed E-state index contributed by atoms with van der Waals surface area (Å²) in [5.41, 5.74) is 1.60. The van der Waals surface area contributed by atoms with Gasteiger partial charge in [-0.15, -0.1) is 0 Å². The highest BCUT2D eigenvalue weighted by atomic mass is 32.2. The summed E-state index contributed by atoms with van der Waals surface area (Å²) in [4.78, 5) is 12.4. The van der Waals surface area contributed by atoms with Gasteiger partial charge in [0.15, 0.2) is 4.91 Å². The van der Waals surface area contributed by atoms with Crippen LogP contribution in [0.2, 0.25) is 0 Å². The number of urea groups is 1. The number of hydrogen-bond acceptors (Lipinski definition) is 4. The van der Waals surface area contributed by atoms with Crippen molar-refractivity contribution in [3.05, 3.63) is 107 Å². The number of nitrogens with zero attached hydrogens (tertiary/aromatic N) is 2. The third-order valence-electron chi connectivity index (χ3n) is 4.20. The Morgan fingerprint density at radius 1 is 0.900 bits per heavy atom. The molecule has 0 heterocycles. The van der Waals surface area contributed by atoms with E-state index in [1.165, 1.54) is 6.08 Å². The third kappa shape index (κ3) is 5.13. The lowest BCUT2D eigenvalue weighted by atomic mass is 10.2. The first-order valence-electron chi connectivity index (χ1n) is 9.10. The fourth-order valence-corrected chi connectivity index (χ4v) is 3.93. The van der Waals surface area contributed by atoms with Crippen LogP contribution < -0.4 is 5.32 Å². The molecule has 1 N–H and O–H groups in total. The average molecular weight is 417 g/mol. The molecule has 0 radical (unpaired) electrons. The zero-order chi connectivity index (χ0) is 21.4. The molecule has 0 bridgehead atoms. The van der Waals surface area contributed by atoms with Gasteiger partial charge in [-0.25, -0.2) is 17.5 Å². The summed E-state index contributed by atoms with van der Waals surface area (Å²) in [5.74, 6) is 0. The Morgan fingerprint density at radius 2 is 1.43 bits per heavy atom. The highest BCUT2D eigenvalue weighted by molar-refractivity contribution is 7.94. The predicted octanol–water partition coefficient (Wildman–Crippen LogP) is 4.62. The van der Waals surface area contributed by atoms with Crippen molar-refractivity contribution in [2.75, 3.05) is 5.32 Å². The molecular formula is C23H19N3O3S. The molecule has 2 amide bonds. The van der Waals surface area contributed by atoms with Crippen LogP contribution in [0.4, 0.5) is 10.5 Å². The molecule has 0 aliphatic heterocycles. The normalized spacial score (nSPS) is 11.4. The first kappa shape index (κ1) is 20.8. The molecule has 0 saturated carbocycles. The van der Waals surface area contributed by atoms with E-state index in [-0.39, 0.29) is 6.54 Å². The predicted molar refractivity (Wildman–Crippen MR) is 116 cm³/mol. The van der Waals surface area contributed by atoms with Crippen LogP contribution in [0.5, 0.6) is 0 Å². The number of para-hydroxylation sites is 1. The number of nitriles is 1. The van der Waals surface area contributed by atoms with E-state index in [1.807, 2.05) is 0 Å². The molecule has 150 valence electrons. The first-order chi connectivity index (χ1) is 14.5. The van der Waals surface area contributed by atoms with Crippen LogP contribution in [-0.4, -0.2) is 18.8 Å². The molecule has 0 aliphatic carbocycles. The number of nitrogens with one attached hydrogen (secondary N) is 1. The van der Waals surface area contributed by atoms with Crippen molar-refractivity contribution in [3.8, 4) is 6.07 Å². The fraction of sp³-hybridized carbons (Fsp3) is 0.0435. The Kier molecular flexibility index (Phi) is 6.63. The number of amides is 2. The van der Waals surface area contributed by atoms with E-state index in [2.05, 4.69) is 5.32 Å². The lowest BCUT2D eigenvalue weighted by Gasteiger charge is -2.22. The van der Waals surface area contributed by atoms with Gasteiger partial charge in [-0.2, -0.15) is 5.26 Å². The van der Waals surface area contributed by atoms with Crippen molar-refractivity contribution < 1.29 is 13.2 Å². The molecule has 3 aromatic rings. The van der Waals surface area contributed by atoms with Gasteiger partial charge in [0.2, 0.25) is 0 Å². The third-order valence-corrected chi connectivity index (χ3v) is 5.84. The quantitative estimate of drug-likeness (QED) is 0.593. The van der Waals surface area contributed by atoms with Gasteiger partial charge in [0.1, 0.15) is 6.07 Å². The second kappa shape index (κ2) is 9.54.